The van der Waals surface area contributed by atoms with E-state index in [1.165, 1.54) is 0 Å². The van der Waals surface area contributed by atoms with Gasteiger partial charge in [0.2, 0.25) is 0 Å². The number of fused-ring (bicyclic) bond motifs is 2. The number of ether oxygens (including phenoxy) is 5. The van der Waals surface area contributed by atoms with Crippen molar-refractivity contribution >= 4 is 0 Å². The van der Waals surface area contributed by atoms with Gasteiger partial charge < -0.3 is 88.3 Å². The lowest BCUT2D eigenvalue weighted by atomic mass is 9.84. The van der Waals surface area contributed by atoms with Crippen molar-refractivity contribution in [2.24, 2.45) is 34.6 Å². The first kappa shape index (κ1) is 34.6. The van der Waals surface area contributed by atoms with Gasteiger partial charge in [0.15, 0.2) is 18.9 Å². The molecule has 5 fully saturated rings. The van der Waals surface area contributed by atoms with Crippen LogP contribution in [0.25, 0.3) is 0 Å². The van der Waals surface area contributed by atoms with Crippen molar-refractivity contribution in [3.05, 3.63) is 0 Å². The highest BCUT2D eigenvalue weighted by atomic mass is 16.8. The lowest BCUT2D eigenvalue weighted by molar-refractivity contribution is -0.370. The number of hydrogen-bond donors (Lipinski definition) is 12. The Labute approximate surface area is 255 Å². The van der Waals surface area contributed by atoms with E-state index in [2.05, 4.69) is 5.32 Å². The van der Waals surface area contributed by atoms with Gasteiger partial charge in [0.05, 0.1) is 42.5 Å². The highest BCUT2D eigenvalue weighted by Crippen LogP contribution is 2.58. The third-order valence-electron chi connectivity index (χ3n) is 10.0. The largest absolute Gasteiger partial charge is 0.394 e. The van der Waals surface area contributed by atoms with Crippen LogP contribution in [0.3, 0.4) is 0 Å². The van der Waals surface area contributed by atoms with Crippen LogP contribution in [-0.2, 0) is 23.7 Å². The Balaban J connectivity index is 1.27. The zero-order chi connectivity index (χ0) is 32.1. The first-order valence-electron chi connectivity index (χ1n) is 15.3. The minimum Gasteiger partial charge on any atom is -0.394 e. The van der Waals surface area contributed by atoms with E-state index in [1.54, 1.807) is 7.05 Å². The van der Waals surface area contributed by atoms with Gasteiger partial charge in [-0.25, -0.2) is 0 Å². The Morgan fingerprint density at radius 1 is 0.795 bits per heavy atom. The van der Waals surface area contributed by atoms with Crippen molar-refractivity contribution in [1.82, 2.24) is 10.2 Å². The highest BCUT2D eigenvalue weighted by Gasteiger charge is 2.77. The van der Waals surface area contributed by atoms with Crippen LogP contribution < -0.4 is 34.0 Å². The number of aliphatic hydroxyl groups is 6. The average Bonchev–Trinajstić information content (AvgIpc) is 3.62. The van der Waals surface area contributed by atoms with Gasteiger partial charge in [-0.3, -0.25) is 4.90 Å². The number of aliphatic hydroxyl groups excluding tert-OH is 6. The fourth-order valence-electron chi connectivity index (χ4n) is 7.73. The topological polar surface area (TPSA) is 313 Å². The molecule has 13 unspecified atom stereocenters. The minimum atomic E-state index is -1.36. The van der Waals surface area contributed by atoms with Crippen molar-refractivity contribution in [2.45, 2.75) is 116 Å². The summed E-state index contributed by atoms with van der Waals surface area (Å²) in [7, 11) is 1.58. The molecule has 18 nitrogen and oxygen atoms in total. The van der Waals surface area contributed by atoms with E-state index >= 15 is 0 Å². The zero-order valence-corrected chi connectivity index (χ0v) is 24.8. The number of nitrogens with two attached hydrogens (primary N) is 5. The first-order valence-corrected chi connectivity index (χ1v) is 15.3. The number of rotatable bonds is 11. The second-order valence-electron chi connectivity index (χ2n) is 12.6. The third kappa shape index (κ3) is 5.82. The van der Waals surface area contributed by atoms with Crippen LogP contribution in [0.4, 0.5) is 0 Å². The lowest BCUT2D eigenvalue weighted by Gasteiger charge is -2.51. The Morgan fingerprint density at radius 3 is 2.09 bits per heavy atom. The van der Waals surface area contributed by atoms with E-state index in [-0.39, 0.29) is 25.9 Å². The highest BCUT2D eigenvalue weighted by molar-refractivity contribution is 5.28. The van der Waals surface area contributed by atoms with Gasteiger partial charge in [0.25, 0.3) is 0 Å². The van der Waals surface area contributed by atoms with Gasteiger partial charge >= 0.3 is 0 Å². The molecule has 256 valence electrons. The van der Waals surface area contributed by atoms with Crippen molar-refractivity contribution in [2.75, 3.05) is 39.8 Å². The van der Waals surface area contributed by atoms with Crippen LogP contribution in [0.5, 0.6) is 0 Å². The van der Waals surface area contributed by atoms with Crippen molar-refractivity contribution in [1.29, 1.82) is 0 Å². The Morgan fingerprint density at radius 2 is 1.48 bits per heavy atom. The second-order valence-corrected chi connectivity index (χ2v) is 12.6. The summed E-state index contributed by atoms with van der Waals surface area (Å²) in [5, 5.41) is 67.6. The van der Waals surface area contributed by atoms with Gasteiger partial charge in [-0.05, 0) is 19.9 Å². The molecule has 0 bridgehead atoms. The number of hydrogen-bond acceptors (Lipinski definition) is 18. The summed E-state index contributed by atoms with van der Waals surface area (Å²) in [5.41, 5.74) is 28.9. The number of nitrogens with zero attached hydrogens (tertiary/aromatic N) is 1. The van der Waals surface area contributed by atoms with E-state index < -0.39 is 116 Å². The van der Waals surface area contributed by atoms with Gasteiger partial charge in [0, 0.05) is 44.2 Å². The van der Waals surface area contributed by atoms with Crippen LogP contribution >= 0.6 is 0 Å². The Bertz CT molecular complexity index is 952. The summed E-state index contributed by atoms with van der Waals surface area (Å²) in [4.78, 5) is 1.85. The predicted molar refractivity (Wildman–Crippen MR) is 151 cm³/mol. The number of nitrogens with one attached hydrogen (secondary N) is 1. The number of likely N-dealkylation sites (N-methyl/N-ethyl adjacent to an activating group) is 1. The summed E-state index contributed by atoms with van der Waals surface area (Å²) in [6.45, 7) is 0.824. The van der Waals surface area contributed by atoms with Crippen LogP contribution in [0.2, 0.25) is 0 Å². The first-order chi connectivity index (χ1) is 21.0. The quantitative estimate of drug-likeness (QED) is 0.100. The van der Waals surface area contributed by atoms with E-state index in [9.17, 15) is 30.6 Å². The molecule has 18 atom stereocenters. The van der Waals surface area contributed by atoms with Gasteiger partial charge in [-0.2, -0.15) is 0 Å². The normalized spacial score (nSPS) is 52.4. The molecule has 0 radical (unpaired) electrons. The molecular weight excluding hydrogens is 586 g/mol. The maximum atomic E-state index is 11.4. The summed E-state index contributed by atoms with van der Waals surface area (Å²) >= 11 is 0. The van der Waals surface area contributed by atoms with E-state index in [4.69, 9.17) is 52.4 Å². The molecule has 0 spiro atoms. The molecule has 2 aliphatic carbocycles. The van der Waals surface area contributed by atoms with E-state index in [0.29, 0.717) is 13.1 Å². The molecule has 0 aromatic rings. The van der Waals surface area contributed by atoms with Crippen molar-refractivity contribution in [3.8, 4) is 0 Å². The summed E-state index contributed by atoms with van der Waals surface area (Å²) < 4.78 is 30.3. The van der Waals surface area contributed by atoms with Crippen molar-refractivity contribution < 1.29 is 54.3 Å². The zero-order valence-electron chi connectivity index (χ0n) is 24.8. The fourth-order valence-corrected chi connectivity index (χ4v) is 7.73. The molecule has 0 amide bonds. The second kappa shape index (κ2) is 13.8. The van der Waals surface area contributed by atoms with Crippen LogP contribution in [0.1, 0.15) is 12.8 Å². The maximum Gasteiger partial charge on any atom is 0.187 e. The predicted octanol–water partition coefficient (Wildman–Crippen LogP) is -7.69. The minimum absolute atomic E-state index is 0.160. The molecule has 0 aromatic carbocycles. The fraction of sp³-hybridized carbons (Fsp3) is 1.00. The molecule has 18 heteroatoms. The van der Waals surface area contributed by atoms with E-state index in [1.807, 2.05) is 4.90 Å². The lowest BCUT2D eigenvalue weighted by Crippen LogP contribution is -2.70. The molecule has 0 aromatic heterocycles. The molecule has 3 aliphatic heterocycles. The molecule has 44 heavy (non-hydrogen) atoms. The molecular formula is C26H51N7O11. The van der Waals surface area contributed by atoms with E-state index in [0.717, 1.165) is 0 Å². The monoisotopic (exact) mass is 637 g/mol. The van der Waals surface area contributed by atoms with Crippen LogP contribution in [-0.4, -0.2) is 179 Å². The summed E-state index contributed by atoms with van der Waals surface area (Å²) in [6, 6.07) is -3.03. The Kier molecular flexibility index (Phi) is 10.8. The molecule has 3 heterocycles. The summed E-state index contributed by atoms with van der Waals surface area (Å²) in [5.74, 6) is -0.718. The van der Waals surface area contributed by atoms with Gasteiger partial charge in [-0.1, -0.05) is 0 Å². The molecule has 2 saturated carbocycles. The smallest absolute Gasteiger partial charge is 0.187 e. The van der Waals surface area contributed by atoms with Crippen molar-refractivity contribution in [3.63, 3.8) is 0 Å². The summed E-state index contributed by atoms with van der Waals surface area (Å²) in [6.07, 6.45) is -12.9. The van der Waals surface area contributed by atoms with Crippen LogP contribution in [0.15, 0.2) is 0 Å². The SMILES string of the molecule is CNC1C(O[C@H]2OC(CO)C3(N(CCN)CCN)C(O)C3C2O)O[C@H]2CC(N)[C@@H](O[C@@H]3C(N)C[C@@H](N)C(O)C3O)OC2C1O. The Hall–Kier alpha value is -0.720. The van der Waals surface area contributed by atoms with Crippen LogP contribution in [0, 0.1) is 5.92 Å². The van der Waals surface area contributed by atoms with Gasteiger partial charge in [0.1, 0.15) is 36.6 Å². The molecule has 5 rings (SSSR count). The standard InChI is InChI=1S/C26H51N7O11/c1-32-15-18(37)21-12(7-11(31)23(43-21)42-20-10(30)6-9(29)16(35)19(20)38)40-24(15)44-25-17(36)14-22(39)26(14,13(8-34)41-25)33(4-2-27)5-3-28/h9-25,32,34-39H,2-8,27-31H2,1H3/t9-,10?,11?,12+,13?,14?,15?,16?,17?,18?,19?,20-,21?,22?,23+,24?,25-,26?/m1/s1. The maximum absolute atomic E-state index is 11.4. The molecule has 17 N–H and O–H groups in total. The molecule has 5 aliphatic rings. The molecule has 3 saturated heterocycles. The average molecular weight is 638 g/mol. The third-order valence-corrected chi connectivity index (χ3v) is 10.0. The van der Waals surface area contributed by atoms with Gasteiger partial charge in [-0.15, -0.1) is 0 Å².